The van der Waals surface area contributed by atoms with Gasteiger partial charge in [-0.1, -0.05) is 12.1 Å². The molecule has 3 nitrogen and oxygen atoms in total. The molecule has 1 N–H and O–H groups in total. The maximum absolute atomic E-state index is 7.13. The predicted molar refractivity (Wildman–Crippen MR) is 44.3 cm³/mol. The van der Waals surface area contributed by atoms with Gasteiger partial charge in [-0.3, -0.25) is 5.73 Å². The molecule has 2 rings (SSSR count). The maximum atomic E-state index is 7.13. The van der Waals surface area contributed by atoms with E-state index in [1.54, 1.807) is 0 Å². The SMILES string of the molecule is [NH]CC1COc2ccccc2O1. The Morgan fingerprint density at radius 3 is 2.83 bits per heavy atom. The molecule has 0 fully saturated rings. The summed E-state index contributed by atoms with van der Waals surface area (Å²) in [6.07, 6.45) is -0.111. The van der Waals surface area contributed by atoms with Gasteiger partial charge in [-0.15, -0.1) is 0 Å². The number of benzene rings is 1. The molecule has 0 spiro atoms. The van der Waals surface area contributed by atoms with Crippen LogP contribution < -0.4 is 15.2 Å². The molecule has 1 atom stereocenters. The zero-order valence-corrected chi connectivity index (χ0v) is 6.62. The van der Waals surface area contributed by atoms with Crippen molar-refractivity contribution in [2.75, 3.05) is 13.2 Å². The van der Waals surface area contributed by atoms with Crippen LogP contribution in [-0.4, -0.2) is 19.3 Å². The van der Waals surface area contributed by atoms with Crippen LogP contribution >= 0.6 is 0 Å². The van der Waals surface area contributed by atoms with E-state index in [1.165, 1.54) is 0 Å². The van der Waals surface area contributed by atoms with Gasteiger partial charge in [0.15, 0.2) is 11.5 Å². The number of fused-ring (bicyclic) bond motifs is 1. The minimum atomic E-state index is -0.111. The van der Waals surface area contributed by atoms with Gasteiger partial charge in [0.05, 0.1) is 6.54 Å². The van der Waals surface area contributed by atoms with Gasteiger partial charge < -0.3 is 9.47 Å². The number of rotatable bonds is 1. The fourth-order valence-corrected chi connectivity index (χ4v) is 1.16. The van der Waals surface area contributed by atoms with Crippen LogP contribution in [0.5, 0.6) is 11.5 Å². The summed E-state index contributed by atoms with van der Waals surface area (Å²) in [4.78, 5) is 0. The van der Waals surface area contributed by atoms with E-state index in [9.17, 15) is 0 Å². The summed E-state index contributed by atoms with van der Waals surface area (Å²) in [5.74, 6) is 1.53. The van der Waals surface area contributed by atoms with Crippen molar-refractivity contribution in [3.05, 3.63) is 24.3 Å². The number of para-hydroxylation sites is 2. The second-order valence-electron chi connectivity index (χ2n) is 2.70. The summed E-state index contributed by atoms with van der Waals surface area (Å²) in [5, 5.41) is 0. The van der Waals surface area contributed by atoms with Gasteiger partial charge in [0.25, 0.3) is 0 Å². The van der Waals surface area contributed by atoms with Gasteiger partial charge in [0, 0.05) is 0 Å². The Morgan fingerprint density at radius 2 is 2.08 bits per heavy atom. The van der Waals surface area contributed by atoms with E-state index in [0.29, 0.717) is 6.61 Å². The van der Waals surface area contributed by atoms with Crippen molar-refractivity contribution >= 4 is 0 Å². The molecule has 0 aromatic heterocycles. The van der Waals surface area contributed by atoms with E-state index < -0.39 is 0 Å². The Balaban J connectivity index is 2.23. The van der Waals surface area contributed by atoms with E-state index in [1.807, 2.05) is 24.3 Å². The first-order valence-corrected chi connectivity index (χ1v) is 3.93. The normalized spacial score (nSPS) is 20.6. The topological polar surface area (TPSA) is 42.3 Å². The molecule has 0 saturated carbocycles. The molecular weight excluding hydrogens is 154 g/mol. The van der Waals surface area contributed by atoms with Crippen molar-refractivity contribution in [2.24, 2.45) is 0 Å². The van der Waals surface area contributed by atoms with E-state index in [-0.39, 0.29) is 12.6 Å². The minimum Gasteiger partial charge on any atom is -0.486 e. The first-order valence-electron chi connectivity index (χ1n) is 3.93. The van der Waals surface area contributed by atoms with Crippen LogP contribution in [0.15, 0.2) is 24.3 Å². The van der Waals surface area contributed by atoms with Crippen molar-refractivity contribution in [1.82, 2.24) is 5.73 Å². The minimum absolute atomic E-state index is 0.111. The molecule has 1 heterocycles. The van der Waals surface area contributed by atoms with Gasteiger partial charge in [0.2, 0.25) is 0 Å². The maximum Gasteiger partial charge on any atom is 0.161 e. The highest BCUT2D eigenvalue weighted by Gasteiger charge is 2.18. The summed E-state index contributed by atoms with van der Waals surface area (Å²) >= 11 is 0. The lowest BCUT2D eigenvalue weighted by molar-refractivity contribution is 0.0958. The van der Waals surface area contributed by atoms with Crippen LogP contribution in [0.4, 0.5) is 0 Å². The van der Waals surface area contributed by atoms with Crippen LogP contribution in [0.1, 0.15) is 0 Å². The molecule has 1 aromatic carbocycles. The van der Waals surface area contributed by atoms with Crippen molar-refractivity contribution < 1.29 is 9.47 Å². The molecule has 63 valence electrons. The number of nitrogens with one attached hydrogen (secondary N) is 1. The van der Waals surface area contributed by atoms with E-state index in [4.69, 9.17) is 15.2 Å². The monoisotopic (exact) mass is 164 g/mol. The molecule has 12 heavy (non-hydrogen) atoms. The van der Waals surface area contributed by atoms with Gasteiger partial charge >= 0.3 is 0 Å². The van der Waals surface area contributed by atoms with Crippen molar-refractivity contribution in [3.8, 4) is 11.5 Å². The van der Waals surface area contributed by atoms with Crippen LogP contribution in [-0.2, 0) is 0 Å². The third-order valence-electron chi connectivity index (χ3n) is 1.80. The van der Waals surface area contributed by atoms with Gasteiger partial charge in [-0.2, -0.15) is 0 Å². The van der Waals surface area contributed by atoms with Gasteiger partial charge in [0.1, 0.15) is 12.7 Å². The van der Waals surface area contributed by atoms with Gasteiger partial charge in [-0.05, 0) is 12.1 Å². The fraction of sp³-hybridized carbons (Fsp3) is 0.333. The third kappa shape index (κ3) is 1.23. The number of hydrogen-bond acceptors (Lipinski definition) is 2. The summed E-state index contributed by atoms with van der Waals surface area (Å²) in [6, 6.07) is 7.53. The second kappa shape index (κ2) is 3.03. The van der Waals surface area contributed by atoms with Crippen molar-refractivity contribution in [1.29, 1.82) is 0 Å². The van der Waals surface area contributed by atoms with E-state index in [2.05, 4.69) is 0 Å². The Hall–Kier alpha value is -1.22. The van der Waals surface area contributed by atoms with Crippen molar-refractivity contribution in [2.45, 2.75) is 6.10 Å². The zero-order chi connectivity index (χ0) is 8.39. The Bertz CT molecular complexity index is 275. The van der Waals surface area contributed by atoms with Crippen LogP contribution in [0.3, 0.4) is 0 Å². The highest BCUT2D eigenvalue weighted by molar-refractivity contribution is 5.40. The summed E-state index contributed by atoms with van der Waals surface area (Å²) in [6.45, 7) is 0.731. The summed E-state index contributed by atoms with van der Waals surface area (Å²) < 4.78 is 10.9. The smallest absolute Gasteiger partial charge is 0.161 e. The van der Waals surface area contributed by atoms with E-state index in [0.717, 1.165) is 11.5 Å². The molecule has 1 aromatic rings. The summed E-state index contributed by atoms with van der Waals surface area (Å²) in [5.41, 5.74) is 7.13. The number of hydrogen-bond donors (Lipinski definition) is 0. The van der Waals surface area contributed by atoms with E-state index >= 15 is 0 Å². The van der Waals surface area contributed by atoms with Gasteiger partial charge in [-0.25, -0.2) is 0 Å². The average Bonchev–Trinajstić information content (AvgIpc) is 2.17. The lowest BCUT2D eigenvalue weighted by Crippen LogP contribution is -2.32. The standard InChI is InChI=1S/C9H10NO2/c10-5-7-6-11-8-3-1-2-4-9(8)12-7/h1-4,7,10H,5-6H2. The average molecular weight is 164 g/mol. The Labute approximate surface area is 71.1 Å². The molecule has 0 bridgehead atoms. The molecule has 1 aliphatic rings. The highest BCUT2D eigenvalue weighted by Crippen LogP contribution is 2.30. The molecule has 3 heteroatoms. The molecule has 1 unspecified atom stereocenters. The number of ether oxygens (including phenoxy) is 2. The summed E-state index contributed by atoms with van der Waals surface area (Å²) in [7, 11) is 0. The van der Waals surface area contributed by atoms with Crippen LogP contribution in [0.2, 0.25) is 0 Å². The lowest BCUT2D eigenvalue weighted by Gasteiger charge is -2.24. The quantitative estimate of drug-likeness (QED) is 0.624. The molecule has 0 amide bonds. The molecule has 1 aliphatic heterocycles. The molecule has 0 aliphatic carbocycles. The second-order valence-corrected chi connectivity index (χ2v) is 2.70. The Morgan fingerprint density at radius 1 is 1.33 bits per heavy atom. The van der Waals surface area contributed by atoms with Crippen LogP contribution in [0, 0.1) is 0 Å². The lowest BCUT2D eigenvalue weighted by atomic mass is 10.2. The van der Waals surface area contributed by atoms with Crippen molar-refractivity contribution in [3.63, 3.8) is 0 Å². The third-order valence-corrected chi connectivity index (χ3v) is 1.80. The highest BCUT2D eigenvalue weighted by atomic mass is 16.6. The zero-order valence-electron chi connectivity index (χ0n) is 6.62. The first-order chi connectivity index (χ1) is 5.90. The largest absolute Gasteiger partial charge is 0.486 e. The first kappa shape index (κ1) is 7.43. The molecular formula is C9H10NO2. The predicted octanol–water partition coefficient (Wildman–Crippen LogP) is 1.11. The van der Waals surface area contributed by atoms with Crippen LogP contribution in [0.25, 0.3) is 0 Å². The Kier molecular flexibility index (Phi) is 1.87. The fourth-order valence-electron chi connectivity index (χ4n) is 1.16. The molecule has 1 radical (unpaired) electrons. The molecule has 0 saturated heterocycles.